The van der Waals surface area contributed by atoms with Gasteiger partial charge in [0.2, 0.25) is 5.91 Å². The van der Waals surface area contributed by atoms with E-state index in [1.165, 1.54) is 6.07 Å². The number of carbonyl (C=O) groups is 2. The molecule has 7 nitrogen and oxygen atoms in total. The molecule has 190 valence electrons. The Kier molecular flexibility index (Phi) is 9.23. The van der Waals surface area contributed by atoms with Crippen molar-refractivity contribution in [3.63, 3.8) is 0 Å². The molecule has 0 aromatic heterocycles. The highest BCUT2D eigenvalue weighted by Crippen LogP contribution is 2.27. The van der Waals surface area contributed by atoms with Crippen LogP contribution in [0.4, 0.5) is 10.1 Å². The van der Waals surface area contributed by atoms with Crippen LogP contribution in [0.3, 0.4) is 0 Å². The number of nitrogens with zero attached hydrogens (tertiary/aromatic N) is 2. The summed E-state index contributed by atoms with van der Waals surface area (Å²) in [5, 5.41) is 2.81. The lowest BCUT2D eigenvalue weighted by Crippen LogP contribution is -2.46. The second kappa shape index (κ2) is 12.1. The zero-order valence-electron chi connectivity index (χ0n) is 21.2. The third-order valence-corrected chi connectivity index (χ3v) is 6.45. The number of methoxy groups -OCH3 is 1. The molecule has 0 fully saturated rings. The van der Waals surface area contributed by atoms with Gasteiger partial charge in [-0.05, 0) is 48.7 Å². The number of anilines is 1. The molecule has 3 atom stereocenters. The summed E-state index contributed by atoms with van der Waals surface area (Å²) in [5.41, 5.74) is 1.81. The van der Waals surface area contributed by atoms with Crippen LogP contribution < -0.4 is 10.1 Å². The van der Waals surface area contributed by atoms with Crippen LogP contribution >= 0.6 is 0 Å². The summed E-state index contributed by atoms with van der Waals surface area (Å²) >= 11 is 0. The summed E-state index contributed by atoms with van der Waals surface area (Å²) in [4.78, 5) is 29.1. The molecule has 8 heteroatoms. The minimum Gasteiger partial charge on any atom is -0.491 e. The number of benzene rings is 2. The van der Waals surface area contributed by atoms with E-state index >= 15 is 0 Å². The first-order valence-electron chi connectivity index (χ1n) is 12.0. The highest BCUT2D eigenvalue weighted by atomic mass is 19.1. The third-order valence-electron chi connectivity index (χ3n) is 6.45. The van der Waals surface area contributed by atoms with Gasteiger partial charge in [0.1, 0.15) is 18.2 Å². The van der Waals surface area contributed by atoms with E-state index in [1.807, 2.05) is 6.07 Å². The Bertz CT molecular complexity index is 1030. The number of likely N-dealkylation sites (N-methyl/N-ethyl adjacent to an activating group) is 1. The maximum atomic E-state index is 13.8. The highest BCUT2D eigenvalue weighted by molar-refractivity contribution is 5.99. The number of nitrogens with one attached hydrogen (secondary N) is 1. The van der Waals surface area contributed by atoms with Gasteiger partial charge in [-0.1, -0.05) is 26.0 Å². The molecule has 0 bridgehead atoms. The quantitative estimate of drug-likeness (QED) is 0.688. The van der Waals surface area contributed by atoms with E-state index in [1.54, 1.807) is 56.3 Å². The molecule has 0 saturated carbocycles. The minimum atomic E-state index is -0.261. The molecule has 0 radical (unpaired) electrons. The maximum Gasteiger partial charge on any atom is 0.257 e. The van der Waals surface area contributed by atoms with Crippen molar-refractivity contribution in [3.05, 3.63) is 59.4 Å². The van der Waals surface area contributed by atoms with Crippen LogP contribution in [0.2, 0.25) is 0 Å². The van der Waals surface area contributed by atoms with Crippen LogP contribution in [0, 0.1) is 11.7 Å². The molecule has 2 aromatic carbocycles. The van der Waals surface area contributed by atoms with Gasteiger partial charge in [0.05, 0.1) is 11.7 Å². The number of halogens is 1. The molecule has 0 aliphatic carbocycles. The Balaban J connectivity index is 1.94. The zero-order chi connectivity index (χ0) is 25.5. The van der Waals surface area contributed by atoms with Crippen LogP contribution in [0.15, 0.2) is 42.5 Å². The number of fused-ring (bicyclic) bond motifs is 1. The lowest BCUT2D eigenvalue weighted by Gasteiger charge is -2.36. The Morgan fingerprint density at radius 3 is 2.66 bits per heavy atom. The molecule has 1 aliphatic heterocycles. The fraction of sp³-hybridized carbons (Fsp3) is 0.481. The molecule has 1 heterocycles. The number of hydrogen-bond acceptors (Lipinski definition) is 5. The number of rotatable bonds is 5. The van der Waals surface area contributed by atoms with Gasteiger partial charge < -0.3 is 19.7 Å². The van der Waals surface area contributed by atoms with Gasteiger partial charge in [0, 0.05) is 51.9 Å². The summed E-state index contributed by atoms with van der Waals surface area (Å²) < 4.78 is 25.8. The van der Waals surface area contributed by atoms with E-state index in [0.29, 0.717) is 49.7 Å². The fourth-order valence-electron chi connectivity index (χ4n) is 4.27. The molecule has 0 unspecified atom stereocenters. The van der Waals surface area contributed by atoms with E-state index < -0.39 is 0 Å². The van der Waals surface area contributed by atoms with Crippen molar-refractivity contribution < 1.29 is 23.5 Å². The second-order valence-corrected chi connectivity index (χ2v) is 9.27. The Hall–Kier alpha value is -2.97. The molecular formula is C27H36FN3O4. The van der Waals surface area contributed by atoms with Crippen molar-refractivity contribution in [1.82, 2.24) is 9.80 Å². The predicted octanol–water partition coefficient (Wildman–Crippen LogP) is 4.18. The third kappa shape index (κ3) is 7.02. The second-order valence-electron chi connectivity index (χ2n) is 9.27. The summed E-state index contributed by atoms with van der Waals surface area (Å²) in [6.07, 6.45) is 0.144. The van der Waals surface area contributed by atoms with Crippen molar-refractivity contribution in [2.75, 3.05) is 39.2 Å². The van der Waals surface area contributed by atoms with Crippen molar-refractivity contribution >= 4 is 17.5 Å². The minimum absolute atomic E-state index is 0.0159. The Morgan fingerprint density at radius 1 is 1.20 bits per heavy atom. The van der Waals surface area contributed by atoms with E-state index in [-0.39, 0.29) is 35.7 Å². The van der Waals surface area contributed by atoms with Crippen LogP contribution in [0.25, 0.3) is 0 Å². The first-order chi connectivity index (χ1) is 16.7. The van der Waals surface area contributed by atoms with Gasteiger partial charge in [0.25, 0.3) is 5.91 Å². The normalized spacial score (nSPS) is 21.9. The molecular weight excluding hydrogens is 449 g/mol. The standard InChI is InChI=1S/C27H36FN3O4/c1-6-26(32)29-22-10-11-24-23(13-22)27(33)30(4)16-25(34-5)18(2)14-31(19(3)17-35-24)15-20-8-7-9-21(28)12-20/h7-13,18-19,25H,6,14-17H2,1-5H3,(H,29,32)/t18-,19+,25+/m0/s1. The molecule has 3 rings (SSSR count). The Labute approximate surface area is 207 Å². The van der Waals surface area contributed by atoms with Gasteiger partial charge in [-0.15, -0.1) is 0 Å². The largest absolute Gasteiger partial charge is 0.491 e. The van der Waals surface area contributed by atoms with Crippen LogP contribution in [0.1, 0.15) is 43.1 Å². The van der Waals surface area contributed by atoms with E-state index in [4.69, 9.17) is 9.47 Å². The predicted molar refractivity (Wildman–Crippen MR) is 134 cm³/mol. The molecule has 0 spiro atoms. The van der Waals surface area contributed by atoms with Gasteiger partial charge in [0.15, 0.2) is 0 Å². The lowest BCUT2D eigenvalue weighted by molar-refractivity contribution is -0.115. The van der Waals surface area contributed by atoms with Crippen LogP contribution in [-0.2, 0) is 16.1 Å². The molecule has 1 N–H and O–H groups in total. The van der Waals surface area contributed by atoms with Crippen LogP contribution in [0.5, 0.6) is 5.75 Å². The van der Waals surface area contributed by atoms with Gasteiger partial charge in [-0.3, -0.25) is 14.5 Å². The molecule has 1 aliphatic rings. The average molecular weight is 486 g/mol. The highest BCUT2D eigenvalue weighted by Gasteiger charge is 2.28. The van der Waals surface area contributed by atoms with E-state index in [2.05, 4.69) is 24.1 Å². The summed E-state index contributed by atoms with van der Waals surface area (Å²) in [5.74, 6) is -0.0400. The molecule has 35 heavy (non-hydrogen) atoms. The molecule has 2 aromatic rings. The number of amides is 2. The number of ether oxygens (including phenoxy) is 2. The smallest absolute Gasteiger partial charge is 0.257 e. The average Bonchev–Trinajstić information content (AvgIpc) is 2.84. The number of carbonyl (C=O) groups excluding carboxylic acids is 2. The van der Waals surface area contributed by atoms with Crippen molar-refractivity contribution in [3.8, 4) is 5.75 Å². The van der Waals surface area contributed by atoms with E-state index in [0.717, 1.165) is 5.56 Å². The molecule has 0 saturated heterocycles. The molecule has 2 amide bonds. The monoisotopic (exact) mass is 485 g/mol. The lowest BCUT2D eigenvalue weighted by atomic mass is 10.0. The maximum absolute atomic E-state index is 13.8. The Morgan fingerprint density at radius 2 is 1.97 bits per heavy atom. The SMILES string of the molecule is CCC(=O)Nc1ccc2c(c1)C(=O)N(C)C[C@@H](OC)[C@@H](C)CN(Cc1cccc(F)c1)[C@H](C)CO2. The van der Waals surface area contributed by atoms with Gasteiger partial charge >= 0.3 is 0 Å². The van der Waals surface area contributed by atoms with E-state index in [9.17, 15) is 14.0 Å². The summed E-state index contributed by atoms with van der Waals surface area (Å²) in [6, 6.07) is 11.7. The van der Waals surface area contributed by atoms with Gasteiger partial charge in [-0.2, -0.15) is 0 Å². The van der Waals surface area contributed by atoms with Crippen molar-refractivity contribution in [2.45, 2.75) is 45.9 Å². The fourth-order valence-corrected chi connectivity index (χ4v) is 4.27. The first kappa shape index (κ1) is 26.6. The van der Waals surface area contributed by atoms with Crippen LogP contribution in [-0.4, -0.2) is 67.6 Å². The zero-order valence-corrected chi connectivity index (χ0v) is 21.2. The first-order valence-corrected chi connectivity index (χ1v) is 12.0. The van der Waals surface area contributed by atoms with Gasteiger partial charge in [-0.25, -0.2) is 4.39 Å². The summed E-state index contributed by atoms with van der Waals surface area (Å²) in [7, 11) is 3.39. The topological polar surface area (TPSA) is 71.1 Å². The van der Waals surface area contributed by atoms with Crippen molar-refractivity contribution in [2.24, 2.45) is 5.92 Å². The van der Waals surface area contributed by atoms with Crippen molar-refractivity contribution in [1.29, 1.82) is 0 Å². The number of hydrogen-bond donors (Lipinski definition) is 1. The summed E-state index contributed by atoms with van der Waals surface area (Å²) in [6.45, 7) is 7.91.